The lowest BCUT2D eigenvalue weighted by molar-refractivity contribution is -0.130. The van der Waals surface area contributed by atoms with Crippen LogP contribution in [0.1, 0.15) is 6.92 Å². The van der Waals surface area contributed by atoms with E-state index in [1.54, 1.807) is 21.0 Å². The first kappa shape index (κ1) is 11.9. The van der Waals surface area contributed by atoms with Crippen LogP contribution < -0.4 is 11.1 Å². The van der Waals surface area contributed by atoms with Crippen LogP contribution in [0.4, 0.5) is 0 Å². The van der Waals surface area contributed by atoms with Gasteiger partial charge in [-0.1, -0.05) is 6.92 Å². The number of carbonyl (C=O) groups excluding carboxylic acids is 2. The minimum atomic E-state index is -0.203. The molecule has 1 unspecified atom stereocenters. The van der Waals surface area contributed by atoms with Gasteiger partial charge in [0.05, 0.1) is 12.5 Å². The summed E-state index contributed by atoms with van der Waals surface area (Å²) >= 11 is 0. The molecule has 13 heavy (non-hydrogen) atoms. The molecule has 1 atom stereocenters. The topological polar surface area (TPSA) is 75.4 Å². The van der Waals surface area contributed by atoms with Gasteiger partial charge in [-0.15, -0.1) is 0 Å². The highest BCUT2D eigenvalue weighted by Crippen LogP contribution is 1.97. The Morgan fingerprint density at radius 1 is 1.54 bits per heavy atom. The van der Waals surface area contributed by atoms with Crippen molar-refractivity contribution in [3.63, 3.8) is 0 Å². The highest BCUT2D eigenvalue weighted by atomic mass is 16.2. The molecule has 0 bridgehead atoms. The minimum Gasteiger partial charge on any atom is -0.359 e. The molecule has 0 radical (unpaired) electrons. The quantitative estimate of drug-likeness (QED) is 0.579. The summed E-state index contributed by atoms with van der Waals surface area (Å²) in [5.41, 5.74) is 5.17. The first-order chi connectivity index (χ1) is 6.02. The van der Waals surface area contributed by atoms with Gasteiger partial charge in [0.1, 0.15) is 0 Å². The average molecular weight is 187 g/mol. The number of carbonyl (C=O) groups is 2. The fourth-order valence-corrected chi connectivity index (χ4v) is 0.998. The predicted molar refractivity (Wildman–Crippen MR) is 49.9 cm³/mol. The lowest BCUT2D eigenvalue weighted by Gasteiger charge is -2.19. The van der Waals surface area contributed by atoms with Crippen molar-refractivity contribution in [3.05, 3.63) is 0 Å². The second kappa shape index (κ2) is 5.53. The van der Waals surface area contributed by atoms with Crippen LogP contribution in [0.5, 0.6) is 0 Å². The first-order valence-corrected chi connectivity index (χ1v) is 4.18. The van der Waals surface area contributed by atoms with Crippen molar-refractivity contribution in [1.29, 1.82) is 0 Å². The molecule has 0 aromatic rings. The third kappa shape index (κ3) is 3.89. The van der Waals surface area contributed by atoms with Gasteiger partial charge in [-0.05, 0) is 0 Å². The molecule has 0 aliphatic carbocycles. The lowest BCUT2D eigenvalue weighted by Crippen LogP contribution is -2.39. The summed E-state index contributed by atoms with van der Waals surface area (Å²) in [6.45, 7) is 2.14. The highest BCUT2D eigenvalue weighted by Gasteiger charge is 2.15. The van der Waals surface area contributed by atoms with Crippen LogP contribution in [0.25, 0.3) is 0 Å². The van der Waals surface area contributed by atoms with E-state index in [0.717, 1.165) is 0 Å². The zero-order chi connectivity index (χ0) is 10.4. The van der Waals surface area contributed by atoms with Crippen LogP contribution in [0.15, 0.2) is 0 Å². The number of hydrogen-bond donors (Lipinski definition) is 2. The molecule has 76 valence electrons. The Kier molecular flexibility index (Phi) is 5.06. The van der Waals surface area contributed by atoms with Crippen molar-refractivity contribution in [2.75, 3.05) is 27.2 Å². The van der Waals surface area contributed by atoms with Crippen LogP contribution in [0.2, 0.25) is 0 Å². The van der Waals surface area contributed by atoms with Crippen LogP contribution in [0.3, 0.4) is 0 Å². The molecule has 0 aliphatic rings. The van der Waals surface area contributed by atoms with Crippen LogP contribution in [-0.2, 0) is 9.59 Å². The Labute approximate surface area is 78.3 Å². The summed E-state index contributed by atoms with van der Waals surface area (Å²) in [5.74, 6) is -0.432. The van der Waals surface area contributed by atoms with Gasteiger partial charge in [0, 0.05) is 20.6 Å². The van der Waals surface area contributed by atoms with Gasteiger partial charge in [-0.3, -0.25) is 9.59 Å². The number of rotatable bonds is 4. The summed E-state index contributed by atoms with van der Waals surface area (Å²) in [6, 6.07) is 0. The van der Waals surface area contributed by atoms with Gasteiger partial charge < -0.3 is 16.0 Å². The zero-order valence-electron chi connectivity index (χ0n) is 8.33. The monoisotopic (exact) mass is 187 g/mol. The molecule has 0 rings (SSSR count). The van der Waals surface area contributed by atoms with Crippen molar-refractivity contribution in [2.45, 2.75) is 6.92 Å². The molecule has 0 aromatic carbocycles. The Hall–Kier alpha value is -1.10. The molecule has 3 N–H and O–H groups in total. The van der Waals surface area contributed by atoms with E-state index in [-0.39, 0.29) is 24.3 Å². The summed E-state index contributed by atoms with van der Waals surface area (Å²) in [5, 5.41) is 2.52. The molecule has 0 aromatic heterocycles. The highest BCUT2D eigenvalue weighted by molar-refractivity contribution is 5.81. The number of hydrogen-bond acceptors (Lipinski definition) is 3. The van der Waals surface area contributed by atoms with Crippen molar-refractivity contribution in [1.82, 2.24) is 10.2 Å². The van der Waals surface area contributed by atoms with Crippen molar-refractivity contribution >= 4 is 11.8 Å². The van der Waals surface area contributed by atoms with E-state index in [1.807, 2.05) is 0 Å². The zero-order valence-corrected chi connectivity index (χ0v) is 8.33. The lowest BCUT2D eigenvalue weighted by atomic mass is 10.1. The van der Waals surface area contributed by atoms with E-state index in [9.17, 15) is 9.59 Å². The maximum absolute atomic E-state index is 11.1. The van der Waals surface area contributed by atoms with Crippen LogP contribution >= 0.6 is 0 Å². The summed E-state index contributed by atoms with van der Waals surface area (Å²) < 4.78 is 0. The smallest absolute Gasteiger partial charge is 0.236 e. The molecule has 2 amide bonds. The number of likely N-dealkylation sites (N-methyl/N-ethyl adjacent to an activating group) is 1. The van der Waals surface area contributed by atoms with Crippen LogP contribution in [0, 0.1) is 5.92 Å². The van der Waals surface area contributed by atoms with Gasteiger partial charge >= 0.3 is 0 Å². The predicted octanol–water partition coefficient (Wildman–Crippen LogP) is -1.21. The molecule has 0 spiro atoms. The number of nitrogens with two attached hydrogens (primary N) is 1. The maximum atomic E-state index is 11.1. The number of nitrogens with zero attached hydrogens (tertiary/aromatic N) is 1. The molecule has 0 fully saturated rings. The molecular weight excluding hydrogens is 170 g/mol. The third-order valence-electron chi connectivity index (χ3n) is 1.84. The molecule has 0 aliphatic heterocycles. The first-order valence-electron chi connectivity index (χ1n) is 4.18. The Morgan fingerprint density at radius 3 is 2.46 bits per heavy atom. The van der Waals surface area contributed by atoms with Gasteiger partial charge in [0.2, 0.25) is 11.8 Å². The Bertz CT molecular complexity index is 174. The molecular formula is C8H17N3O2. The van der Waals surface area contributed by atoms with Crippen molar-refractivity contribution < 1.29 is 9.59 Å². The molecule has 0 saturated carbocycles. The van der Waals surface area contributed by atoms with E-state index in [0.29, 0.717) is 6.54 Å². The van der Waals surface area contributed by atoms with E-state index in [1.165, 1.54) is 4.90 Å². The van der Waals surface area contributed by atoms with Gasteiger partial charge in [-0.25, -0.2) is 0 Å². The fourth-order valence-electron chi connectivity index (χ4n) is 0.998. The summed E-state index contributed by atoms with van der Waals surface area (Å²) in [7, 11) is 3.21. The van der Waals surface area contributed by atoms with Gasteiger partial charge in [0.15, 0.2) is 0 Å². The second-order valence-electron chi connectivity index (χ2n) is 2.99. The number of amides is 2. The van der Waals surface area contributed by atoms with E-state index in [4.69, 9.17) is 5.73 Å². The van der Waals surface area contributed by atoms with Gasteiger partial charge in [-0.2, -0.15) is 0 Å². The largest absolute Gasteiger partial charge is 0.359 e. The SMILES string of the molecule is CNC(=O)C(C)CN(C)C(=O)CN. The third-order valence-corrected chi connectivity index (χ3v) is 1.84. The number of nitrogens with one attached hydrogen (secondary N) is 1. The Morgan fingerprint density at radius 2 is 2.08 bits per heavy atom. The van der Waals surface area contributed by atoms with E-state index >= 15 is 0 Å². The van der Waals surface area contributed by atoms with E-state index in [2.05, 4.69) is 5.32 Å². The standard InChI is InChI=1S/C8H17N3O2/c1-6(8(13)10-2)5-11(3)7(12)4-9/h6H,4-5,9H2,1-3H3,(H,10,13). The molecule has 5 heteroatoms. The Balaban J connectivity index is 3.98. The van der Waals surface area contributed by atoms with E-state index < -0.39 is 0 Å². The van der Waals surface area contributed by atoms with Crippen molar-refractivity contribution in [2.24, 2.45) is 11.7 Å². The van der Waals surface area contributed by atoms with Crippen molar-refractivity contribution in [3.8, 4) is 0 Å². The fraction of sp³-hybridized carbons (Fsp3) is 0.750. The summed E-state index contributed by atoms with van der Waals surface area (Å²) in [4.78, 5) is 23.6. The minimum absolute atomic E-state index is 0.0169. The second-order valence-corrected chi connectivity index (χ2v) is 2.99. The summed E-state index contributed by atoms with van der Waals surface area (Å²) in [6.07, 6.45) is 0. The molecule has 0 heterocycles. The molecule has 5 nitrogen and oxygen atoms in total. The normalized spacial score (nSPS) is 12.0. The molecule has 0 saturated heterocycles. The average Bonchev–Trinajstić information content (AvgIpc) is 2.14. The maximum Gasteiger partial charge on any atom is 0.236 e. The van der Waals surface area contributed by atoms with Gasteiger partial charge in [0.25, 0.3) is 0 Å². The van der Waals surface area contributed by atoms with Crippen LogP contribution in [-0.4, -0.2) is 43.9 Å².